The number of thiophene rings is 1. The van der Waals surface area contributed by atoms with Crippen molar-refractivity contribution in [1.82, 2.24) is 9.97 Å². The number of nitrogen functional groups attached to an aromatic ring is 1. The fourth-order valence-electron chi connectivity index (χ4n) is 1.69. The van der Waals surface area contributed by atoms with E-state index in [1.165, 1.54) is 11.2 Å². The zero-order chi connectivity index (χ0) is 13.8. The van der Waals surface area contributed by atoms with Crippen LogP contribution in [0.25, 0.3) is 0 Å². The lowest BCUT2D eigenvalue weighted by molar-refractivity contribution is -0.383. The van der Waals surface area contributed by atoms with Gasteiger partial charge in [-0.1, -0.05) is 6.07 Å². The van der Waals surface area contributed by atoms with Gasteiger partial charge in [-0.25, -0.2) is 9.97 Å². The molecule has 8 heteroatoms. The van der Waals surface area contributed by atoms with E-state index in [2.05, 4.69) is 15.3 Å². The van der Waals surface area contributed by atoms with Gasteiger partial charge in [0.2, 0.25) is 11.6 Å². The smallest absolute Gasteiger partial charge is 0.352 e. The second-order valence-electron chi connectivity index (χ2n) is 4.04. The Balaban J connectivity index is 2.14. The molecule has 0 radical (unpaired) electrons. The third kappa shape index (κ3) is 3.16. The average molecular weight is 279 g/mol. The molecule has 1 atom stereocenters. The maximum atomic E-state index is 10.9. The van der Waals surface area contributed by atoms with Gasteiger partial charge in [0, 0.05) is 17.3 Å². The van der Waals surface area contributed by atoms with Crippen LogP contribution in [0.2, 0.25) is 0 Å². The lowest BCUT2D eigenvalue weighted by atomic mass is 10.2. The summed E-state index contributed by atoms with van der Waals surface area (Å²) in [5.41, 5.74) is 5.23. The van der Waals surface area contributed by atoms with E-state index in [0.29, 0.717) is 0 Å². The first kappa shape index (κ1) is 13.2. The Hall–Kier alpha value is -2.22. The van der Waals surface area contributed by atoms with Crippen molar-refractivity contribution in [3.8, 4) is 0 Å². The van der Waals surface area contributed by atoms with Crippen LogP contribution in [0.3, 0.4) is 0 Å². The molecule has 2 aromatic heterocycles. The molecule has 100 valence electrons. The summed E-state index contributed by atoms with van der Waals surface area (Å²) in [4.78, 5) is 19.1. The maximum Gasteiger partial charge on any atom is 0.352 e. The highest BCUT2D eigenvalue weighted by atomic mass is 32.1. The van der Waals surface area contributed by atoms with Crippen molar-refractivity contribution < 1.29 is 4.92 Å². The largest absolute Gasteiger partial charge is 0.378 e. The Kier molecular flexibility index (Phi) is 3.91. The number of nitrogens with two attached hydrogens (primary N) is 1. The molecule has 2 rings (SSSR count). The van der Waals surface area contributed by atoms with Crippen molar-refractivity contribution in [2.75, 3.05) is 11.1 Å². The van der Waals surface area contributed by atoms with E-state index in [1.807, 2.05) is 24.4 Å². The molecule has 0 saturated heterocycles. The number of nitrogens with one attached hydrogen (secondary N) is 1. The molecule has 0 spiro atoms. The van der Waals surface area contributed by atoms with Crippen molar-refractivity contribution in [2.24, 2.45) is 0 Å². The van der Waals surface area contributed by atoms with Crippen LogP contribution in [0.1, 0.15) is 11.8 Å². The van der Waals surface area contributed by atoms with E-state index in [9.17, 15) is 10.1 Å². The van der Waals surface area contributed by atoms with Crippen LogP contribution in [0.4, 0.5) is 17.3 Å². The van der Waals surface area contributed by atoms with Crippen molar-refractivity contribution in [3.05, 3.63) is 38.8 Å². The number of rotatable bonds is 5. The molecule has 3 N–H and O–H groups in total. The molecule has 0 saturated carbocycles. The van der Waals surface area contributed by atoms with Crippen LogP contribution >= 0.6 is 11.3 Å². The van der Waals surface area contributed by atoms with E-state index < -0.39 is 4.92 Å². The number of hydrogen-bond donors (Lipinski definition) is 2. The summed E-state index contributed by atoms with van der Waals surface area (Å²) >= 11 is 1.64. The summed E-state index contributed by atoms with van der Waals surface area (Å²) in [6.45, 7) is 1.93. The van der Waals surface area contributed by atoms with E-state index >= 15 is 0 Å². The monoisotopic (exact) mass is 279 g/mol. The van der Waals surface area contributed by atoms with Crippen molar-refractivity contribution in [3.63, 3.8) is 0 Å². The average Bonchev–Trinajstić information content (AvgIpc) is 2.81. The van der Waals surface area contributed by atoms with Crippen LogP contribution in [-0.2, 0) is 6.42 Å². The lowest BCUT2D eigenvalue weighted by Gasteiger charge is -2.13. The Morgan fingerprint density at radius 1 is 1.58 bits per heavy atom. The normalized spacial score (nSPS) is 12.1. The van der Waals surface area contributed by atoms with Gasteiger partial charge >= 0.3 is 5.69 Å². The predicted octanol–water partition coefficient (Wildman–Crippen LogP) is 2.07. The second kappa shape index (κ2) is 5.61. The summed E-state index contributed by atoms with van der Waals surface area (Å²) < 4.78 is 0. The molecular formula is C11H13N5O2S. The molecule has 1 unspecified atom stereocenters. The van der Waals surface area contributed by atoms with Gasteiger partial charge in [-0.05, 0) is 18.4 Å². The highest BCUT2D eigenvalue weighted by molar-refractivity contribution is 7.09. The zero-order valence-corrected chi connectivity index (χ0v) is 11.1. The standard InChI is InChI=1S/C11H13N5O2S/c1-7(5-8-3-2-4-19-8)15-11-9(16(17)18)10(12)13-6-14-11/h2-4,6-7H,5H2,1H3,(H3,12,13,14,15). The first-order valence-corrected chi connectivity index (χ1v) is 6.49. The number of nitro groups is 1. The van der Waals surface area contributed by atoms with Crippen LogP contribution in [0.5, 0.6) is 0 Å². The molecule has 0 aromatic carbocycles. The van der Waals surface area contributed by atoms with E-state index in [1.54, 1.807) is 11.3 Å². The van der Waals surface area contributed by atoms with Crippen molar-refractivity contribution >= 4 is 28.7 Å². The molecule has 0 fully saturated rings. The molecule has 0 aliphatic carbocycles. The zero-order valence-electron chi connectivity index (χ0n) is 10.2. The van der Waals surface area contributed by atoms with Gasteiger partial charge in [0.05, 0.1) is 4.92 Å². The minimum absolute atomic E-state index is 0.00616. The molecule has 0 aliphatic heterocycles. The maximum absolute atomic E-state index is 10.9. The number of hydrogen-bond acceptors (Lipinski definition) is 7. The number of anilines is 2. The summed E-state index contributed by atoms with van der Waals surface area (Å²) in [5, 5.41) is 15.9. The SMILES string of the molecule is CC(Cc1cccs1)Nc1ncnc(N)c1[N+](=O)[O-]. The van der Waals surface area contributed by atoms with Crippen LogP contribution in [-0.4, -0.2) is 20.9 Å². The number of nitrogens with zero attached hydrogens (tertiary/aromatic N) is 3. The van der Waals surface area contributed by atoms with Gasteiger partial charge in [-0.15, -0.1) is 11.3 Å². The molecule has 0 bridgehead atoms. The quantitative estimate of drug-likeness (QED) is 0.641. The van der Waals surface area contributed by atoms with Crippen LogP contribution < -0.4 is 11.1 Å². The highest BCUT2D eigenvalue weighted by Gasteiger charge is 2.22. The first-order chi connectivity index (χ1) is 9.08. The van der Waals surface area contributed by atoms with Crippen LogP contribution in [0.15, 0.2) is 23.8 Å². The van der Waals surface area contributed by atoms with Crippen molar-refractivity contribution in [1.29, 1.82) is 0 Å². The molecule has 2 aromatic rings. The summed E-state index contributed by atoms with van der Waals surface area (Å²) in [5.74, 6) is 0.0207. The third-order valence-electron chi connectivity index (χ3n) is 2.50. The summed E-state index contributed by atoms with van der Waals surface area (Å²) in [7, 11) is 0. The second-order valence-corrected chi connectivity index (χ2v) is 5.07. The number of aromatic nitrogens is 2. The highest BCUT2D eigenvalue weighted by Crippen LogP contribution is 2.27. The molecule has 2 heterocycles. The van der Waals surface area contributed by atoms with Gasteiger partial charge in [0.25, 0.3) is 0 Å². The molecular weight excluding hydrogens is 266 g/mol. The topological polar surface area (TPSA) is 107 Å². The van der Waals surface area contributed by atoms with Gasteiger partial charge in [0.15, 0.2) is 0 Å². The van der Waals surface area contributed by atoms with Gasteiger partial charge in [-0.3, -0.25) is 10.1 Å². The van der Waals surface area contributed by atoms with Crippen molar-refractivity contribution in [2.45, 2.75) is 19.4 Å². The molecule has 19 heavy (non-hydrogen) atoms. The third-order valence-corrected chi connectivity index (χ3v) is 3.40. The van der Waals surface area contributed by atoms with Gasteiger partial charge in [0.1, 0.15) is 6.33 Å². The summed E-state index contributed by atoms with van der Waals surface area (Å²) in [6.07, 6.45) is 1.97. The van der Waals surface area contributed by atoms with Gasteiger partial charge < -0.3 is 11.1 Å². The molecule has 0 aliphatic rings. The van der Waals surface area contributed by atoms with E-state index in [4.69, 9.17) is 5.73 Å². The van der Waals surface area contributed by atoms with Crippen LogP contribution in [0, 0.1) is 10.1 Å². The molecule has 0 amide bonds. The lowest BCUT2D eigenvalue weighted by Crippen LogP contribution is -2.19. The Morgan fingerprint density at radius 2 is 2.37 bits per heavy atom. The van der Waals surface area contributed by atoms with E-state index in [-0.39, 0.29) is 23.4 Å². The Bertz CT molecular complexity index is 572. The Morgan fingerprint density at radius 3 is 3.00 bits per heavy atom. The Labute approximate surface area is 113 Å². The summed E-state index contributed by atoms with van der Waals surface area (Å²) in [6, 6.07) is 4.00. The minimum Gasteiger partial charge on any atom is -0.378 e. The fourth-order valence-corrected chi connectivity index (χ4v) is 2.53. The predicted molar refractivity (Wildman–Crippen MR) is 74.2 cm³/mol. The fraction of sp³-hybridized carbons (Fsp3) is 0.273. The first-order valence-electron chi connectivity index (χ1n) is 5.61. The molecule has 7 nitrogen and oxygen atoms in total. The van der Waals surface area contributed by atoms with Gasteiger partial charge in [-0.2, -0.15) is 0 Å². The minimum atomic E-state index is -0.574. The van der Waals surface area contributed by atoms with E-state index in [0.717, 1.165) is 6.42 Å².